The Bertz CT molecular complexity index is 769. The lowest BCUT2D eigenvalue weighted by Gasteiger charge is -2.07. The first-order valence-corrected chi connectivity index (χ1v) is 7.30. The summed E-state index contributed by atoms with van der Waals surface area (Å²) in [5.41, 5.74) is 2.31. The van der Waals surface area contributed by atoms with E-state index < -0.39 is 15.9 Å². The van der Waals surface area contributed by atoms with Crippen LogP contribution in [0.15, 0.2) is 46.1 Å². The second-order valence-electron chi connectivity index (χ2n) is 4.06. The summed E-state index contributed by atoms with van der Waals surface area (Å²) in [4.78, 5) is 13.8. The van der Waals surface area contributed by atoms with Gasteiger partial charge in [-0.15, -0.1) is 4.83 Å². The van der Waals surface area contributed by atoms with E-state index in [0.717, 1.165) is 0 Å². The van der Waals surface area contributed by atoms with E-state index in [1.54, 1.807) is 6.07 Å². The van der Waals surface area contributed by atoms with Gasteiger partial charge in [-0.2, -0.15) is 0 Å². The highest BCUT2D eigenvalue weighted by molar-refractivity contribution is 7.89. The van der Waals surface area contributed by atoms with E-state index in [0.29, 0.717) is 11.5 Å². The Hall–Kier alpha value is -2.52. The fourth-order valence-corrected chi connectivity index (χ4v) is 2.46. The molecule has 2 aromatic rings. The van der Waals surface area contributed by atoms with Gasteiger partial charge in [0.2, 0.25) is 11.9 Å². The Morgan fingerprint density at radius 2 is 1.95 bits per heavy atom. The fourth-order valence-electron chi connectivity index (χ4n) is 1.69. The second-order valence-corrected chi connectivity index (χ2v) is 5.67. The molecule has 21 heavy (non-hydrogen) atoms. The Balaban J connectivity index is 1.70. The van der Waals surface area contributed by atoms with Gasteiger partial charge in [0.25, 0.3) is 15.9 Å². The number of fused-ring (bicyclic) bond motifs is 1. The van der Waals surface area contributed by atoms with Gasteiger partial charge in [-0.05, 0) is 30.3 Å². The lowest BCUT2D eigenvalue weighted by atomic mass is 10.2. The number of furan rings is 1. The van der Waals surface area contributed by atoms with Crippen molar-refractivity contribution < 1.29 is 27.1 Å². The molecule has 0 spiro atoms. The summed E-state index contributed by atoms with van der Waals surface area (Å²) in [6.45, 7) is 0.0888. The normalized spacial score (nSPS) is 13.1. The number of carbonyl (C=O) groups excluding carboxylic acids is 1. The van der Waals surface area contributed by atoms with Gasteiger partial charge in [-0.25, -0.2) is 8.42 Å². The first kappa shape index (κ1) is 13.5. The van der Waals surface area contributed by atoms with Crippen LogP contribution in [-0.4, -0.2) is 21.1 Å². The zero-order chi connectivity index (χ0) is 14.9. The molecule has 3 rings (SSSR count). The van der Waals surface area contributed by atoms with Crippen LogP contribution in [0, 0.1) is 0 Å². The summed E-state index contributed by atoms with van der Waals surface area (Å²) in [7, 11) is -3.94. The van der Waals surface area contributed by atoms with Crippen LogP contribution in [-0.2, 0) is 10.0 Å². The van der Waals surface area contributed by atoms with Crippen molar-refractivity contribution in [2.75, 3.05) is 6.79 Å². The van der Waals surface area contributed by atoms with Gasteiger partial charge in [0.1, 0.15) is 0 Å². The summed E-state index contributed by atoms with van der Waals surface area (Å²) < 4.78 is 38.5. The smallest absolute Gasteiger partial charge is 0.290 e. The van der Waals surface area contributed by atoms with Gasteiger partial charge in [0.05, 0.1) is 6.26 Å². The molecular formula is C12H10N2O6S. The molecule has 0 bridgehead atoms. The van der Waals surface area contributed by atoms with E-state index in [1.165, 1.54) is 30.5 Å². The van der Waals surface area contributed by atoms with Crippen molar-refractivity contribution in [1.82, 2.24) is 10.3 Å². The van der Waals surface area contributed by atoms with Crippen LogP contribution < -0.4 is 19.7 Å². The molecule has 0 saturated heterocycles. The summed E-state index contributed by atoms with van der Waals surface area (Å²) in [6.07, 6.45) is 1.22. The van der Waals surface area contributed by atoms with Gasteiger partial charge in [-0.3, -0.25) is 10.2 Å². The number of hydrogen-bond donors (Lipinski definition) is 2. The van der Waals surface area contributed by atoms with E-state index in [2.05, 4.69) is 5.43 Å². The molecule has 0 saturated carbocycles. The highest BCUT2D eigenvalue weighted by Gasteiger charge is 2.20. The van der Waals surface area contributed by atoms with Crippen molar-refractivity contribution in [1.29, 1.82) is 0 Å². The van der Waals surface area contributed by atoms with Crippen molar-refractivity contribution in [3.05, 3.63) is 42.2 Å². The van der Waals surface area contributed by atoms with Crippen LogP contribution in [0.5, 0.6) is 11.5 Å². The summed E-state index contributed by atoms with van der Waals surface area (Å²) in [6, 6.07) is 7.20. The predicted octanol–water partition coefficient (Wildman–Crippen LogP) is 0.632. The Morgan fingerprint density at radius 1 is 1.14 bits per heavy atom. The second kappa shape index (κ2) is 5.11. The number of benzene rings is 1. The van der Waals surface area contributed by atoms with E-state index in [9.17, 15) is 13.2 Å². The monoisotopic (exact) mass is 310 g/mol. The van der Waals surface area contributed by atoms with Gasteiger partial charge < -0.3 is 13.9 Å². The van der Waals surface area contributed by atoms with Crippen molar-refractivity contribution >= 4 is 15.9 Å². The maximum atomic E-state index is 11.9. The van der Waals surface area contributed by atoms with Crippen molar-refractivity contribution in [3.63, 3.8) is 0 Å². The lowest BCUT2D eigenvalue weighted by molar-refractivity contribution is 0.0944. The number of amides is 1. The quantitative estimate of drug-likeness (QED) is 0.802. The number of carbonyl (C=O) groups is 1. The molecule has 0 radical (unpaired) electrons. The van der Waals surface area contributed by atoms with Crippen LogP contribution in [0.3, 0.4) is 0 Å². The van der Waals surface area contributed by atoms with E-state index in [-0.39, 0.29) is 17.4 Å². The molecule has 8 nitrogen and oxygen atoms in total. The summed E-state index contributed by atoms with van der Waals surface area (Å²) in [5.74, 6) is 0.322. The third-order valence-electron chi connectivity index (χ3n) is 2.69. The first-order valence-electron chi connectivity index (χ1n) is 5.81. The highest BCUT2D eigenvalue weighted by Crippen LogP contribution is 2.32. The molecule has 0 fully saturated rings. The molecular weight excluding hydrogens is 300 g/mol. The average Bonchev–Trinajstić information content (AvgIpc) is 3.14. The van der Waals surface area contributed by atoms with Gasteiger partial charge in [0.15, 0.2) is 11.5 Å². The molecule has 0 unspecified atom stereocenters. The Kier molecular flexibility index (Phi) is 3.28. The van der Waals surface area contributed by atoms with E-state index in [4.69, 9.17) is 13.9 Å². The summed E-state index contributed by atoms with van der Waals surface area (Å²) >= 11 is 0. The molecule has 1 aliphatic rings. The lowest BCUT2D eigenvalue weighted by Crippen LogP contribution is -2.41. The highest BCUT2D eigenvalue weighted by atomic mass is 32.2. The number of nitrogens with one attached hydrogen (secondary N) is 2. The minimum absolute atomic E-state index is 0.0888. The van der Waals surface area contributed by atoms with Gasteiger partial charge >= 0.3 is 0 Å². The summed E-state index contributed by atoms with van der Waals surface area (Å²) in [5, 5.41) is -0.298. The third kappa shape index (κ3) is 2.69. The minimum atomic E-state index is -3.94. The van der Waals surface area contributed by atoms with Crippen LogP contribution in [0.25, 0.3) is 0 Å². The zero-order valence-corrected chi connectivity index (χ0v) is 11.3. The fraction of sp³-hybridized carbons (Fsp3) is 0.0833. The predicted molar refractivity (Wildman–Crippen MR) is 69.1 cm³/mol. The molecule has 0 aliphatic carbocycles. The third-order valence-corrected chi connectivity index (χ3v) is 3.83. The van der Waals surface area contributed by atoms with Gasteiger partial charge in [0, 0.05) is 5.56 Å². The van der Waals surface area contributed by atoms with E-state index >= 15 is 0 Å². The standard InChI is InChI=1S/C12H10N2O6S/c15-12(8-3-4-9-10(6-8)20-7-19-9)13-14-21(16,17)11-2-1-5-18-11/h1-6,14H,7H2,(H,13,15). The SMILES string of the molecule is O=C(NNS(=O)(=O)c1ccco1)c1ccc2c(c1)OCO2. The molecule has 0 atom stereocenters. The van der Waals surface area contributed by atoms with Crippen molar-refractivity contribution in [2.24, 2.45) is 0 Å². The van der Waals surface area contributed by atoms with Crippen LogP contribution in [0.2, 0.25) is 0 Å². The van der Waals surface area contributed by atoms with Crippen LogP contribution in [0.1, 0.15) is 10.4 Å². The first-order chi connectivity index (χ1) is 10.1. The van der Waals surface area contributed by atoms with Crippen LogP contribution >= 0.6 is 0 Å². The zero-order valence-electron chi connectivity index (χ0n) is 10.5. The average molecular weight is 310 g/mol. The van der Waals surface area contributed by atoms with Crippen LogP contribution in [0.4, 0.5) is 0 Å². The number of sulfonamides is 1. The molecule has 1 aromatic carbocycles. The number of rotatable bonds is 4. The Labute approximate surface area is 119 Å². The number of ether oxygens (including phenoxy) is 2. The molecule has 2 N–H and O–H groups in total. The molecule has 2 heterocycles. The van der Waals surface area contributed by atoms with Gasteiger partial charge in [-0.1, -0.05) is 0 Å². The largest absolute Gasteiger partial charge is 0.454 e. The number of hydrogen-bond acceptors (Lipinski definition) is 6. The molecule has 1 aliphatic heterocycles. The number of hydrazine groups is 1. The maximum absolute atomic E-state index is 11.9. The maximum Gasteiger partial charge on any atom is 0.290 e. The van der Waals surface area contributed by atoms with Crippen molar-refractivity contribution in [3.8, 4) is 11.5 Å². The molecule has 1 aromatic heterocycles. The van der Waals surface area contributed by atoms with E-state index in [1.807, 2.05) is 4.83 Å². The molecule has 110 valence electrons. The molecule has 9 heteroatoms. The van der Waals surface area contributed by atoms with Crippen molar-refractivity contribution in [2.45, 2.75) is 5.09 Å². The Morgan fingerprint density at radius 3 is 2.71 bits per heavy atom. The topological polar surface area (TPSA) is 107 Å². The minimum Gasteiger partial charge on any atom is -0.454 e. The molecule has 1 amide bonds.